The predicted molar refractivity (Wildman–Crippen MR) is 67.4 cm³/mol. The fourth-order valence-corrected chi connectivity index (χ4v) is 1.75. The molecule has 15 heavy (non-hydrogen) atoms. The molecule has 0 unspecified atom stereocenters. The van der Waals surface area contributed by atoms with Gasteiger partial charge in [0.1, 0.15) is 12.4 Å². The molecule has 84 valence electrons. The molecule has 0 saturated heterocycles. The quantitative estimate of drug-likeness (QED) is 0.917. The number of halogens is 1. The lowest BCUT2D eigenvalue weighted by Crippen LogP contribution is -2.13. The summed E-state index contributed by atoms with van der Waals surface area (Å²) in [5.74, 6) is 0.855. The van der Waals surface area contributed by atoms with Gasteiger partial charge in [-0.15, -0.1) is 0 Å². The van der Waals surface area contributed by atoms with E-state index in [1.165, 1.54) is 5.56 Å². The lowest BCUT2D eigenvalue weighted by atomic mass is 9.87. The number of rotatable bonds is 3. The summed E-state index contributed by atoms with van der Waals surface area (Å²) >= 11 is 3.50. The molecule has 0 saturated carbocycles. The normalized spacial score (nSPS) is 11.5. The monoisotopic (exact) mass is 271 g/mol. The zero-order valence-corrected chi connectivity index (χ0v) is 11.1. The number of hydrogen-bond donors (Lipinski definition) is 1. The van der Waals surface area contributed by atoms with E-state index in [9.17, 15) is 0 Å². The van der Waals surface area contributed by atoms with Crippen molar-refractivity contribution in [2.75, 3.05) is 13.2 Å². The Balaban J connectivity index is 2.88. The molecule has 0 bridgehead atoms. The standard InChI is InChI=1S/C12H18BrNO/c1-12(2,3)9-4-5-11(10(13)8-9)15-7-6-14/h4-5,8H,6-7,14H2,1-3H3. The Hall–Kier alpha value is -0.540. The van der Waals surface area contributed by atoms with Gasteiger partial charge in [-0.2, -0.15) is 0 Å². The Kier molecular flexibility index (Phi) is 4.17. The number of ether oxygens (including phenoxy) is 1. The van der Waals surface area contributed by atoms with E-state index in [4.69, 9.17) is 10.5 Å². The zero-order valence-electron chi connectivity index (χ0n) is 9.51. The van der Waals surface area contributed by atoms with Gasteiger partial charge in [0.2, 0.25) is 0 Å². The summed E-state index contributed by atoms with van der Waals surface area (Å²) in [6.45, 7) is 7.65. The van der Waals surface area contributed by atoms with Crippen LogP contribution >= 0.6 is 15.9 Å². The average molecular weight is 272 g/mol. The van der Waals surface area contributed by atoms with Gasteiger partial charge in [0.25, 0.3) is 0 Å². The van der Waals surface area contributed by atoms with Crippen LogP contribution in [0.15, 0.2) is 22.7 Å². The third-order valence-corrected chi connectivity index (χ3v) is 2.79. The highest BCUT2D eigenvalue weighted by molar-refractivity contribution is 9.10. The van der Waals surface area contributed by atoms with Crippen molar-refractivity contribution in [3.8, 4) is 5.75 Å². The van der Waals surface area contributed by atoms with E-state index in [2.05, 4.69) is 48.8 Å². The van der Waals surface area contributed by atoms with Crippen molar-refractivity contribution in [1.29, 1.82) is 0 Å². The summed E-state index contributed by atoms with van der Waals surface area (Å²) < 4.78 is 6.47. The van der Waals surface area contributed by atoms with Crippen LogP contribution in [0.1, 0.15) is 26.3 Å². The van der Waals surface area contributed by atoms with Gasteiger partial charge in [0.05, 0.1) is 4.47 Å². The van der Waals surface area contributed by atoms with Crippen LogP contribution in [0.2, 0.25) is 0 Å². The molecule has 2 nitrogen and oxygen atoms in total. The van der Waals surface area contributed by atoms with Crippen molar-refractivity contribution in [2.24, 2.45) is 5.73 Å². The first kappa shape index (κ1) is 12.5. The Morgan fingerprint density at radius 1 is 1.33 bits per heavy atom. The van der Waals surface area contributed by atoms with Gasteiger partial charge in [-0.25, -0.2) is 0 Å². The minimum absolute atomic E-state index is 0.162. The molecule has 0 heterocycles. The topological polar surface area (TPSA) is 35.2 Å². The lowest BCUT2D eigenvalue weighted by molar-refractivity contribution is 0.326. The van der Waals surface area contributed by atoms with Gasteiger partial charge < -0.3 is 10.5 Å². The molecule has 0 aliphatic heterocycles. The molecule has 0 radical (unpaired) electrons. The fraction of sp³-hybridized carbons (Fsp3) is 0.500. The van der Waals surface area contributed by atoms with Crippen molar-refractivity contribution in [1.82, 2.24) is 0 Å². The second-order valence-electron chi connectivity index (χ2n) is 4.53. The number of hydrogen-bond acceptors (Lipinski definition) is 2. The molecule has 1 aromatic carbocycles. The zero-order chi connectivity index (χ0) is 11.5. The van der Waals surface area contributed by atoms with Gasteiger partial charge in [-0.05, 0) is 39.0 Å². The number of nitrogens with two attached hydrogens (primary N) is 1. The maximum Gasteiger partial charge on any atom is 0.133 e. The molecule has 0 atom stereocenters. The Bertz CT molecular complexity index is 331. The van der Waals surface area contributed by atoms with Crippen molar-refractivity contribution < 1.29 is 4.74 Å². The van der Waals surface area contributed by atoms with Crippen LogP contribution in [0.25, 0.3) is 0 Å². The highest BCUT2D eigenvalue weighted by Gasteiger charge is 2.14. The summed E-state index contributed by atoms with van der Waals surface area (Å²) in [7, 11) is 0. The highest BCUT2D eigenvalue weighted by Crippen LogP contribution is 2.31. The Morgan fingerprint density at radius 2 is 2.00 bits per heavy atom. The van der Waals surface area contributed by atoms with Crippen molar-refractivity contribution in [3.63, 3.8) is 0 Å². The largest absolute Gasteiger partial charge is 0.491 e. The summed E-state index contributed by atoms with van der Waals surface area (Å²) in [6.07, 6.45) is 0. The van der Waals surface area contributed by atoms with Crippen molar-refractivity contribution >= 4 is 15.9 Å². The second kappa shape index (κ2) is 4.99. The van der Waals surface area contributed by atoms with E-state index in [1.54, 1.807) is 0 Å². The van der Waals surface area contributed by atoms with Crippen molar-refractivity contribution in [2.45, 2.75) is 26.2 Å². The van der Waals surface area contributed by atoms with E-state index in [-0.39, 0.29) is 5.41 Å². The minimum Gasteiger partial charge on any atom is -0.491 e. The van der Waals surface area contributed by atoms with Gasteiger partial charge >= 0.3 is 0 Å². The fourth-order valence-electron chi connectivity index (χ4n) is 1.25. The van der Waals surface area contributed by atoms with Crippen LogP contribution in [-0.2, 0) is 5.41 Å². The van der Waals surface area contributed by atoms with E-state index in [0.717, 1.165) is 10.2 Å². The minimum atomic E-state index is 0.162. The Morgan fingerprint density at radius 3 is 2.47 bits per heavy atom. The first-order chi connectivity index (χ1) is 6.95. The molecule has 0 aliphatic rings. The summed E-state index contributed by atoms with van der Waals surface area (Å²) in [6, 6.07) is 6.18. The molecule has 3 heteroatoms. The van der Waals surface area contributed by atoms with Gasteiger partial charge in [-0.1, -0.05) is 26.8 Å². The van der Waals surface area contributed by atoms with Gasteiger partial charge in [0.15, 0.2) is 0 Å². The van der Waals surface area contributed by atoms with E-state index < -0.39 is 0 Å². The lowest BCUT2D eigenvalue weighted by Gasteiger charge is -2.20. The van der Waals surface area contributed by atoms with Crippen LogP contribution in [0, 0.1) is 0 Å². The third-order valence-electron chi connectivity index (χ3n) is 2.17. The Labute approximate surface area is 99.9 Å². The van der Waals surface area contributed by atoms with E-state index >= 15 is 0 Å². The smallest absolute Gasteiger partial charge is 0.133 e. The van der Waals surface area contributed by atoms with Crippen LogP contribution in [0.5, 0.6) is 5.75 Å². The highest BCUT2D eigenvalue weighted by atomic mass is 79.9. The van der Waals surface area contributed by atoms with E-state index in [0.29, 0.717) is 13.2 Å². The molecular weight excluding hydrogens is 254 g/mol. The maximum atomic E-state index is 5.48. The molecule has 1 rings (SSSR count). The van der Waals surface area contributed by atoms with Gasteiger partial charge in [-0.3, -0.25) is 0 Å². The van der Waals surface area contributed by atoms with Crippen molar-refractivity contribution in [3.05, 3.63) is 28.2 Å². The third kappa shape index (κ3) is 3.50. The molecular formula is C12H18BrNO. The first-order valence-electron chi connectivity index (χ1n) is 5.08. The van der Waals surface area contributed by atoms with Gasteiger partial charge in [0, 0.05) is 6.54 Å². The molecule has 2 N–H and O–H groups in total. The summed E-state index contributed by atoms with van der Waals surface area (Å²) in [5, 5.41) is 0. The van der Waals surface area contributed by atoms with Crippen LogP contribution in [0.3, 0.4) is 0 Å². The average Bonchev–Trinajstić information content (AvgIpc) is 2.14. The van der Waals surface area contributed by atoms with Crippen LogP contribution in [-0.4, -0.2) is 13.2 Å². The second-order valence-corrected chi connectivity index (χ2v) is 5.39. The molecule has 0 fully saturated rings. The first-order valence-corrected chi connectivity index (χ1v) is 5.87. The summed E-state index contributed by atoms with van der Waals surface area (Å²) in [4.78, 5) is 0. The van der Waals surface area contributed by atoms with Crippen LogP contribution in [0.4, 0.5) is 0 Å². The number of benzene rings is 1. The summed E-state index contributed by atoms with van der Waals surface area (Å²) in [5.41, 5.74) is 6.83. The molecule has 0 spiro atoms. The van der Waals surface area contributed by atoms with Crippen LogP contribution < -0.4 is 10.5 Å². The molecule has 0 amide bonds. The maximum absolute atomic E-state index is 5.48. The van der Waals surface area contributed by atoms with E-state index in [1.807, 2.05) is 6.07 Å². The molecule has 0 aliphatic carbocycles. The molecule has 1 aromatic rings. The SMILES string of the molecule is CC(C)(C)c1ccc(OCCN)c(Br)c1. The predicted octanol–water partition coefficient (Wildman–Crippen LogP) is 3.08. The molecule has 0 aromatic heterocycles.